The van der Waals surface area contributed by atoms with Gasteiger partial charge in [-0.3, -0.25) is 4.79 Å². The lowest BCUT2D eigenvalue weighted by atomic mass is 10.1. The molecule has 2 aromatic carbocycles. The molecule has 7 nitrogen and oxygen atoms in total. The number of pyridine rings is 1. The number of nitrogens with one attached hydrogen (secondary N) is 1. The van der Waals surface area contributed by atoms with Crippen LogP contribution < -0.4 is 19.9 Å². The van der Waals surface area contributed by atoms with Crippen molar-refractivity contribution >= 4 is 28.2 Å². The molecule has 2 heterocycles. The number of benzene rings is 2. The highest BCUT2D eigenvalue weighted by molar-refractivity contribution is 5.95. The van der Waals surface area contributed by atoms with E-state index in [0.29, 0.717) is 13.2 Å². The molecule has 4 rings (SSSR count). The lowest BCUT2D eigenvalue weighted by Crippen LogP contribution is -2.30. The molecular weight excluding hydrogens is 416 g/mol. The molecule has 174 valence electrons. The van der Waals surface area contributed by atoms with Crippen LogP contribution >= 0.6 is 0 Å². The fourth-order valence-electron chi connectivity index (χ4n) is 4.37. The molecule has 0 radical (unpaired) electrons. The molecule has 0 saturated carbocycles. The van der Waals surface area contributed by atoms with E-state index >= 15 is 0 Å². The summed E-state index contributed by atoms with van der Waals surface area (Å²) in [6.45, 7) is 3.05. The van der Waals surface area contributed by atoms with Crippen LogP contribution in [0.15, 0.2) is 48.5 Å². The standard InChI is InChI=1S/C26H32N4O3/c1-27-26(31)19-11-12-30(17-19)25-16-23(28-24-15-21(33-4)9-10-22(24)25)18-5-7-20(8-6-18)29(2)13-14-32-3/h5-10,15-16,19H,11-14,17H2,1-4H3,(H,27,31). The van der Waals surface area contributed by atoms with E-state index in [1.807, 2.05) is 12.1 Å². The van der Waals surface area contributed by atoms with E-state index in [-0.39, 0.29) is 11.8 Å². The van der Waals surface area contributed by atoms with Crippen LogP contribution in [0.1, 0.15) is 6.42 Å². The van der Waals surface area contributed by atoms with Gasteiger partial charge in [-0.2, -0.15) is 0 Å². The molecule has 1 aromatic heterocycles. The Kier molecular flexibility index (Phi) is 6.99. The van der Waals surface area contributed by atoms with Crippen molar-refractivity contribution in [2.75, 3.05) is 64.4 Å². The highest BCUT2D eigenvalue weighted by atomic mass is 16.5. The maximum absolute atomic E-state index is 12.2. The van der Waals surface area contributed by atoms with Crippen LogP contribution in [0, 0.1) is 5.92 Å². The lowest BCUT2D eigenvalue weighted by molar-refractivity contribution is -0.123. The molecule has 0 bridgehead atoms. The molecule has 1 atom stereocenters. The number of carbonyl (C=O) groups is 1. The number of anilines is 2. The number of hydrogen-bond donors (Lipinski definition) is 1. The summed E-state index contributed by atoms with van der Waals surface area (Å²) in [4.78, 5) is 21.6. The zero-order valence-corrected chi connectivity index (χ0v) is 19.8. The molecule has 0 spiro atoms. The van der Waals surface area contributed by atoms with Gasteiger partial charge in [0, 0.05) is 69.2 Å². The smallest absolute Gasteiger partial charge is 0.224 e. The first-order valence-corrected chi connectivity index (χ1v) is 11.3. The van der Waals surface area contributed by atoms with Crippen LogP contribution in [-0.4, -0.2) is 65.4 Å². The van der Waals surface area contributed by atoms with Crippen molar-refractivity contribution in [3.8, 4) is 17.0 Å². The van der Waals surface area contributed by atoms with Crippen molar-refractivity contribution in [3.05, 3.63) is 48.5 Å². The van der Waals surface area contributed by atoms with E-state index in [9.17, 15) is 4.79 Å². The Morgan fingerprint density at radius 2 is 1.97 bits per heavy atom. The first kappa shape index (κ1) is 22.9. The number of hydrogen-bond acceptors (Lipinski definition) is 6. The fraction of sp³-hybridized carbons (Fsp3) is 0.385. The van der Waals surface area contributed by atoms with Gasteiger partial charge in [0.1, 0.15) is 5.75 Å². The van der Waals surface area contributed by atoms with E-state index in [2.05, 4.69) is 58.6 Å². The molecule has 1 N–H and O–H groups in total. The van der Waals surface area contributed by atoms with E-state index in [1.165, 1.54) is 0 Å². The average molecular weight is 449 g/mol. The van der Waals surface area contributed by atoms with Crippen molar-refractivity contribution in [2.45, 2.75) is 6.42 Å². The van der Waals surface area contributed by atoms with Crippen LogP contribution in [-0.2, 0) is 9.53 Å². The minimum atomic E-state index is 0.00170. The van der Waals surface area contributed by atoms with Crippen molar-refractivity contribution < 1.29 is 14.3 Å². The maximum Gasteiger partial charge on any atom is 0.224 e. The number of aromatic nitrogens is 1. The number of methoxy groups -OCH3 is 2. The van der Waals surface area contributed by atoms with Crippen molar-refractivity contribution in [1.82, 2.24) is 10.3 Å². The normalized spacial score (nSPS) is 15.6. The third-order valence-electron chi connectivity index (χ3n) is 6.38. The second kappa shape index (κ2) is 10.1. The largest absolute Gasteiger partial charge is 0.497 e. The Labute approximate surface area is 195 Å². The number of rotatable bonds is 8. The van der Waals surface area contributed by atoms with Gasteiger partial charge in [-0.1, -0.05) is 12.1 Å². The second-order valence-electron chi connectivity index (χ2n) is 8.42. The average Bonchev–Trinajstić information content (AvgIpc) is 3.36. The summed E-state index contributed by atoms with van der Waals surface area (Å²) in [7, 11) is 7.14. The molecular formula is C26H32N4O3. The summed E-state index contributed by atoms with van der Waals surface area (Å²) < 4.78 is 10.6. The summed E-state index contributed by atoms with van der Waals surface area (Å²) in [6.07, 6.45) is 0.845. The van der Waals surface area contributed by atoms with E-state index in [0.717, 1.165) is 58.8 Å². The topological polar surface area (TPSA) is 66.9 Å². The highest BCUT2D eigenvalue weighted by Crippen LogP contribution is 2.35. The van der Waals surface area contributed by atoms with E-state index in [1.54, 1.807) is 21.3 Å². The minimum Gasteiger partial charge on any atom is -0.497 e. The van der Waals surface area contributed by atoms with Gasteiger partial charge in [-0.05, 0) is 36.8 Å². The van der Waals surface area contributed by atoms with Crippen LogP contribution in [0.25, 0.3) is 22.2 Å². The molecule has 1 amide bonds. The zero-order valence-electron chi connectivity index (χ0n) is 19.8. The summed E-state index contributed by atoms with van der Waals surface area (Å²) >= 11 is 0. The summed E-state index contributed by atoms with van der Waals surface area (Å²) in [6, 6.07) is 16.6. The molecule has 33 heavy (non-hydrogen) atoms. The van der Waals surface area contributed by atoms with E-state index < -0.39 is 0 Å². The predicted octanol–water partition coefficient (Wildman–Crippen LogP) is 3.57. The SMILES string of the molecule is CNC(=O)C1CCN(c2cc(-c3ccc(N(C)CCOC)cc3)nc3cc(OC)ccc23)C1. The van der Waals surface area contributed by atoms with Crippen LogP contribution in [0.2, 0.25) is 0 Å². The van der Waals surface area contributed by atoms with Crippen LogP contribution in [0.5, 0.6) is 5.75 Å². The maximum atomic E-state index is 12.2. The predicted molar refractivity (Wildman–Crippen MR) is 133 cm³/mol. The quantitative estimate of drug-likeness (QED) is 0.568. The summed E-state index contributed by atoms with van der Waals surface area (Å²) in [5.74, 6) is 0.880. The molecule has 7 heteroatoms. The van der Waals surface area contributed by atoms with Gasteiger partial charge in [-0.15, -0.1) is 0 Å². The first-order chi connectivity index (χ1) is 16.0. The number of amides is 1. The van der Waals surface area contributed by atoms with Crippen molar-refractivity contribution in [2.24, 2.45) is 5.92 Å². The number of likely N-dealkylation sites (N-methyl/N-ethyl adjacent to an activating group) is 1. The van der Waals surface area contributed by atoms with Crippen LogP contribution in [0.4, 0.5) is 11.4 Å². The number of fused-ring (bicyclic) bond motifs is 1. The van der Waals surface area contributed by atoms with Crippen LogP contribution in [0.3, 0.4) is 0 Å². The van der Waals surface area contributed by atoms with Gasteiger partial charge in [0.05, 0.1) is 30.8 Å². The van der Waals surface area contributed by atoms with Gasteiger partial charge in [0.15, 0.2) is 0 Å². The van der Waals surface area contributed by atoms with Gasteiger partial charge in [0.25, 0.3) is 0 Å². The van der Waals surface area contributed by atoms with Gasteiger partial charge in [-0.25, -0.2) is 4.98 Å². The van der Waals surface area contributed by atoms with Gasteiger partial charge in [0.2, 0.25) is 5.91 Å². The Hall–Kier alpha value is -3.32. The minimum absolute atomic E-state index is 0.00170. The zero-order chi connectivity index (χ0) is 23.4. The number of nitrogens with zero attached hydrogens (tertiary/aromatic N) is 3. The van der Waals surface area contributed by atoms with Crippen molar-refractivity contribution in [3.63, 3.8) is 0 Å². The fourth-order valence-corrected chi connectivity index (χ4v) is 4.37. The number of ether oxygens (including phenoxy) is 2. The molecule has 1 aliphatic rings. The first-order valence-electron chi connectivity index (χ1n) is 11.3. The third kappa shape index (κ3) is 4.88. The Morgan fingerprint density at radius 1 is 1.18 bits per heavy atom. The lowest BCUT2D eigenvalue weighted by Gasteiger charge is -2.22. The second-order valence-corrected chi connectivity index (χ2v) is 8.42. The van der Waals surface area contributed by atoms with Gasteiger partial charge < -0.3 is 24.6 Å². The van der Waals surface area contributed by atoms with E-state index in [4.69, 9.17) is 14.5 Å². The molecule has 0 aliphatic carbocycles. The third-order valence-corrected chi connectivity index (χ3v) is 6.38. The van der Waals surface area contributed by atoms with Crippen molar-refractivity contribution in [1.29, 1.82) is 0 Å². The molecule has 1 unspecified atom stereocenters. The number of carbonyl (C=O) groups excluding carboxylic acids is 1. The summed E-state index contributed by atoms with van der Waals surface area (Å²) in [5.41, 5.74) is 5.07. The molecule has 1 saturated heterocycles. The molecule has 1 fully saturated rings. The van der Waals surface area contributed by atoms with Gasteiger partial charge >= 0.3 is 0 Å². The monoisotopic (exact) mass is 448 g/mol. The Bertz CT molecular complexity index is 1120. The molecule has 3 aromatic rings. The molecule has 1 aliphatic heterocycles. The highest BCUT2D eigenvalue weighted by Gasteiger charge is 2.29. The Morgan fingerprint density at radius 3 is 2.67 bits per heavy atom. The summed E-state index contributed by atoms with van der Waals surface area (Å²) in [5, 5.41) is 3.85. The Balaban J connectivity index is 1.71.